The van der Waals surface area contributed by atoms with E-state index in [1.54, 1.807) is 12.1 Å². The Kier molecular flexibility index (Phi) is 4.60. The second-order valence-electron chi connectivity index (χ2n) is 6.14. The number of ether oxygens (including phenoxy) is 1. The zero-order chi connectivity index (χ0) is 19.5. The quantitative estimate of drug-likeness (QED) is 0.324. The number of hydrogen-bond donors (Lipinski definition) is 2. The molecule has 0 saturated heterocycles. The molecule has 4 rings (SSSR count). The van der Waals surface area contributed by atoms with Gasteiger partial charge in [-0.15, -0.1) is 0 Å². The molecule has 0 spiro atoms. The van der Waals surface area contributed by atoms with Gasteiger partial charge < -0.3 is 15.7 Å². The van der Waals surface area contributed by atoms with E-state index in [2.05, 4.69) is 15.1 Å². The Hall–Kier alpha value is -3.93. The summed E-state index contributed by atoms with van der Waals surface area (Å²) in [5, 5.41) is 16.3. The molecule has 0 radical (unpaired) electrons. The van der Waals surface area contributed by atoms with E-state index in [1.807, 2.05) is 60.7 Å². The molecule has 6 nitrogen and oxygen atoms in total. The number of nitrogens with zero attached hydrogens (tertiary/aromatic N) is 3. The molecule has 0 aliphatic carbocycles. The van der Waals surface area contributed by atoms with E-state index in [-0.39, 0.29) is 5.75 Å². The number of methoxy groups -OCH3 is 1. The number of benzene rings is 3. The number of hydrazone groups is 1. The van der Waals surface area contributed by atoms with Gasteiger partial charge in [-0.25, -0.2) is 4.98 Å². The predicted octanol–water partition coefficient (Wildman–Crippen LogP) is 3.72. The molecule has 0 unspecified atom stereocenters. The van der Waals surface area contributed by atoms with Crippen LogP contribution in [0.1, 0.15) is 11.3 Å². The molecule has 4 aromatic rings. The molecular formula is C22H18N4O2. The molecule has 1 aromatic heterocycles. The van der Waals surface area contributed by atoms with Gasteiger partial charge in [-0.05, 0) is 16.8 Å². The summed E-state index contributed by atoms with van der Waals surface area (Å²) in [6, 6.07) is 22.4. The maximum atomic E-state index is 10.6. The summed E-state index contributed by atoms with van der Waals surface area (Å²) < 4.78 is 5.36. The van der Waals surface area contributed by atoms with Gasteiger partial charge in [0.25, 0.3) is 0 Å². The van der Waals surface area contributed by atoms with Gasteiger partial charge in [-0.3, -0.25) is 0 Å². The number of fused-ring (bicyclic) bond motifs is 1. The van der Waals surface area contributed by atoms with E-state index in [1.165, 1.54) is 7.11 Å². The van der Waals surface area contributed by atoms with Gasteiger partial charge in [0.1, 0.15) is 11.5 Å². The van der Waals surface area contributed by atoms with Crippen LogP contribution < -0.4 is 10.6 Å². The molecule has 138 valence electrons. The third-order valence-electron chi connectivity index (χ3n) is 4.46. The van der Waals surface area contributed by atoms with Crippen LogP contribution in [0.15, 0.2) is 77.9 Å². The molecule has 0 aliphatic heterocycles. The van der Waals surface area contributed by atoms with Gasteiger partial charge in [0, 0.05) is 11.6 Å². The van der Waals surface area contributed by atoms with Crippen LogP contribution in [0.3, 0.4) is 0 Å². The zero-order valence-electron chi connectivity index (χ0n) is 15.2. The molecule has 0 fully saturated rings. The largest absolute Gasteiger partial charge is 0.507 e. The Balaban J connectivity index is 1.94. The Morgan fingerprint density at radius 3 is 2.46 bits per heavy atom. The number of phenolic OH excluding ortho intramolecular Hbond substituents is 1. The molecule has 0 aliphatic rings. The number of aromatic nitrogens is 2. The monoisotopic (exact) mass is 370 g/mol. The van der Waals surface area contributed by atoms with Crippen molar-refractivity contribution < 1.29 is 9.84 Å². The number of rotatable bonds is 4. The summed E-state index contributed by atoms with van der Waals surface area (Å²) in [5.74, 6) is 6.69. The van der Waals surface area contributed by atoms with E-state index in [4.69, 9.17) is 10.6 Å². The molecule has 1 heterocycles. The van der Waals surface area contributed by atoms with E-state index < -0.39 is 0 Å². The fourth-order valence-corrected chi connectivity index (χ4v) is 3.13. The minimum atomic E-state index is 0.0711. The summed E-state index contributed by atoms with van der Waals surface area (Å²) in [4.78, 5) is 9.06. The topological polar surface area (TPSA) is 93.6 Å². The lowest BCUT2D eigenvalue weighted by Gasteiger charge is -2.13. The molecule has 6 heteroatoms. The maximum Gasteiger partial charge on any atom is 0.217 e. The maximum absolute atomic E-state index is 10.6. The van der Waals surface area contributed by atoms with Crippen molar-refractivity contribution in [3.63, 3.8) is 0 Å². The summed E-state index contributed by atoms with van der Waals surface area (Å²) in [7, 11) is 1.54. The fraction of sp³-hybridized carbons (Fsp3) is 0.0455. The summed E-state index contributed by atoms with van der Waals surface area (Å²) in [5.41, 5.74) is 2.16. The highest BCUT2D eigenvalue weighted by atomic mass is 16.5. The second kappa shape index (κ2) is 7.36. The van der Waals surface area contributed by atoms with Crippen LogP contribution in [0, 0.1) is 0 Å². The first-order valence-corrected chi connectivity index (χ1v) is 8.69. The van der Waals surface area contributed by atoms with Crippen LogP contribution in [0.5, 0.6) is 11.6 Å². The van der Waals surface area contributed by atoms with Crippen molar-refractivity contribution in [3.05, 3.63) is 84.1 Å². The van der Waals surface area contributed by atoms with Crippen LogP contribution in [0.25, 0.3) is 22.2 Å². The van der Waals surface area contributed by atoms with Gasteiger partial charge in [0.2, 0.25) is 5.88 Å². The molecule has 0 amide bonds. The third-order valence-corrected chi connectivity index (χ3v) is 4.46. The minimum Gasteiger partial charge on any atom is -0.507 e. The summed E-state index contributed by atoms with van der Waals surface area (Å²) in [6.45, 7) is 0. The SMILES string of the molecule is COc1cc(/C(=N/N)c2c(O)ccc3ccccc23)nc(-c2ccccc2)n1. The molecule has 0 bridgehead atoms. The average molecular weight is 370 g/mol. The van der Waals surface area contributed by atoms with Crippen LogP contribution >= 0.6 is 0 Å². The van der Waals surface area contributed by atoms with Crippen molar-refractivity contribution in [2.24, 2.45) is 10.9 Å². The lowest BCUT2D eigenvalue weighted by Crippen LogP contribution is -2.11. The zero-order valence-corrected chi connectivity index (χ0v) is 15.2. The fourth-order valence-electron chi connectivity index (χ4n) is 3.13. The van der Waals surface area contributed by atoms with Crippen LogP contribution in [-0.2, 0) is 0 Å². The second-order valence-corrected chi connectivity index (χ2v) is 6.14. The van der Waals surface area contributed by atoms with Crippen molar-refractivity contribution in [2.75, 3.05) is 7.11 Å². The molecule has 28 heavy (non-hydrogen) atoms. The van der Waals surface area contributed by atoms with Crippen molar-refractivity contribution in [1.82, 2.24) is 9.97 Å². The van der Waals surface area contributed by atoms with Crippen molar-refractivity contribution in [1.29, 1.82) is 0 Å². The van der Waals surface area contributed by atoms with E-state index in [0.29, 0.717) is 28.7 Å². The average Bonchev–Trinajstić information content (AvgIpc) is 2.76. The predicted molar refractivity (Wildman–Crippen MR) is 109 cm³/mol. The van der Waals surface area contributed by atoms with E-state index >= 15 is 0 Å². The van der Waals surface area contributed by atoms with Gasteiger partial charge in [0.15, 0.2) is 5.82 Å². The minimum absolute atomic E-state index is 0.0711. The first-order chi connectivity index (χ1) is 13.7. The van der Waals surface area contributed by atoms with E-state index in [9.17, 15) is 5.11 Å². The highest BCUT2D eigenvalue weighted by Gasteiger charge is 2.19. The highest BCUT2D eigenvalue weighted by Crippen LogP contribution is 2.30. The smallest absolute Gasteiger partial charge is 0.217 e. The number of hydrogen-bond acceptors (Lipinski definition) is 6. The highest BCUT2D eigenvalue weighted by molar-refractivity contribution is 6.20. The Bertz CT molecular complexity index is 1170. The number of nitrogens with two attached hydrogens (primary N) is 1. The van der Waals surface area contributed by atoms with Crippen molar-refractivity contribution in [3.8, 4) is 23.0 Å². The van der Waals surface area contributed by atoms with Gasteiger partial charge in [-0.1, -0.05) is 60.7 Å². The Morgan fingerprint density at radius 1 is 0.964 bits per heavy atom. The summed E-state index contributed by atoms with van der Waals surface area (Å²) in [6.07, 6.45) is 0. The number of phenols is 1. The van der Waals surface area contributed by atoms with Crippen molar-refractivity contribution >= 4 is 16.5 Å². The van der Waals surface area contributed by atoms with Gasteiger partial charge >= 0.3 is 0 Å². The normalized spacial score (nSPS) is 11.5. The third kappa shape index (κ3) is 3.12. The van der Waals surface area contributed by atoms with Gasteiger partial charge in [0.05, 0.1) is 18.4 Å². The van der Waals surface area contributed by atoms with Crippen LogP contribution in [0.4, 0.5) is 0 Å². The Labute approximate surface area is 162 Å². The molecule has 3 aromatic carbocycles. The molecule has 0 saturated carbocycles. The molecular weight excluding hydrogens is 352 g/mol. The van der Waals surface area contributed by atoms with E-state index in [0.717, 1.165) is 16.3 Å². The van der Waals surface area contributed by atoms with Gasteiger partial charge in [-0.2, -0.15) is 10.1 Å². The lowest BCUT2D eigenvalue weighted by molar-refractivity contribution is 0.397. The summed E-state index contributed by atoms with van der Waals surface area (Å²) >= 11 is 0. The first kappa shape index (κ1) is 17.5. The van der Waals surface area contributed by atoms with Crippen LogP contribution in [-0.4, -0.2) is 27.9 Å². The van der Waals surface area contributed by atoms with Crippen LogP contribution in [0.2, 0.25) is 0 Å². The molecule has 3 N–H and O–H groups in total. The molecule has 0 atom stereocenters. The van der Waals surface area contributed by atoms with Crippen molar-refractivity contribution in [2.45, 2.75) is 0 Å². The lowest BCUT2D eigenvalue weighted by atomic mass is 9.98. The standard InChI is InChI=1S/C22H18N4O2/c1-28-19-13-17(24-22(25-19)15-8-3-2-4-9-15)21(26-23)20-16-10-6-5-7-14(16)11-12-18(20)27/h2-13,27H,23H2,1H3/b26-21-. The Morgan fingerprint density at radius 2 is 1.71 bits per heavy atom. The first-order valence-electron chi connectivity index (χ1n) is 8.69. The number of aromatic hydroxyl groups is 1.